The van der Waals surface area contributed by atoms with Crippen LogP contribution in [0.4, 0.5) is 0 Å². The molecule has 0 radical (unpaired) electrons. The molecule has 1 amide bonds. The van der Waals surface area contributed by atoms with E-state index in [1.165, 1.54) is 5.56 Å². The molecule has 0 bridgehead atoms. The fourth-order valence-electron chi connectivity index (χ4n) is 3.45. The predicted octanol–water partition coefficient (Wildman–Crippen LogP) is 2.56. The first kappa shape index (κ1) is 18.0. The maximum Gasteiger partial charge on any atom is 0.237 e. The lowest BCUT2D eigenvalue weighted by atomic mass is 9.87. The third kappa shape index (κ3) is 5.63. The van der Waals surface area contributed by atoms with Crippen molar-refractivity contribution in [3.05, 3.63) is 35.9 Å². The van der Waals surface area contributed by atoms with Crippen LogP contribution in [0.1, 0.15) is 45.6 Å². The zero-order valence-electron chi connectivity index (χ0n) is 14.6. The fraction of sp³-hybridized carbons (Fsp3) is 0.632. The molecule has 1 saturated heterocycles. The summed E-state index contributed by atoms with van der Waals surface area (Å²) in [4.78, 5) is 14.8. The lowest BCUT2D eigenvalue weighted by molar-refractivity contribution is -0.126. The molecule has 1 aliphatic heterocycles. The zero-order chi connectivity index (χ0) is 16.9. The highest BCUT2D eigenvalue weighted by molar-refractivity contribution is 5.82. The summed E-state index contributed by atoms with van der Waals surface area (Å²) in [5.74, 6) is 0.122. The molecule has 0 spiro atoms. The molecule has 1 aromatic carbocycles. The van der Waals surface area contributed by atoms with Crippen molar-refractivity contribution in [3.63, 3.8) is 0 Å². The molecule has 2 rings (SSSR count). The Kier molecular flexibility index (Phi) is 6.19. The number of aliphatic hydroxyl groups is 1. The van der Waals surface area contributed by atoms with E-state index in [0.29, 0.717) is 13.0 Å². The molecule has 2 unspecified atom stereocenters. The Hall–Kier alpha value is -1.39. The highest BCUT2D eigenvalue weighted by Gasteiger charge is 2.31. The van der Waals surface area contributed by atoms with Gasteiger partial charge in [0.1, 0.15) is 0 Å². The van der Waals surface area contributed by atoms with Gasteiger partial charge in [0.05, 0.1) is 12.1 Å². The zero-order valence-corrected chi connectivity index (χ0v) is 14.6. The maximum atomic E-state index is 12.6. The first-order valence-electron chi connectivity index (χ1n) is 8.61. The minimum Gasteiger partial charge on any atom is -0.393 e. The molecule has 1 heterocycles. The minimum absolute atomic E-state index is 0.0300. The van der Waals surface area contributed by atoms with Crippen molar-refractivity contribution in [1.82, 2.24) is 10.2 Å². The van der Waals surface area contributed by atoms with Gasteiger partial charge in [-0.25, -0.2) is 0 Å². The SMILES string of the molecule is CC(O)CC(C)(C)CNC(=O)C1CCCN1Cc1ccccc1. The van der Waals surface area contributed by atoms with E-state index in [9.17, 15) is 9.90 Å². The first-order chi connectivity index (χ1) is 10.9. The van der Waals surface area contributed by atoms with Crippen molar-refractivity contribution >= 4 is 5.91 Å². The normalized spacial score (nSPS) is 20.4. The molecule has 0 saturated carbocycles. The third-order valence-corrected chi connectivity index (χ3v) is 4.48. The second-order valence-electron chi connectivity index (χ2n) is 7.55. The van der Waals surface area contributed by atoms with E-state index in [4.69, 9.17) is 0 Å². The third-order valence-electron chi connectivity index (χ3n) is 4.48. The first-order valence-corrected chi connectivity index (χ1v) is 8.61. The molecule has 23 heavy (non-hydrogen) atoms. The summed E-state index contributed by atoms with van der Waals surface area (Å²) in [6.07, 6.45) is 2.34. The van der Waals surface area contributed by atoms with E-state index in [1.54, 1.807) is 6.92 Å². The van der Waals surface area contributed by atoms with Gasteiger partial charge in [0, 0.05) is 13.1 Å². The second kappa shape index (κ2) is 7.93. The lowest BCUT2D eigenvalue weighted by Gasteiger charge is -2.29. The summed E-state index contributed by atoms with van der Waals surface area (Å²) >= 11 is 0. The van der Waals surface area contributed by atoms with Crippen LogP contribution in [0.3, 0.4) is 0 Å². The van der Waals surface area contributed by atoms with Crippen LogP contribution in [0, 0.1) is 5.41 Å². The summed E-state index contributed by atoms with van der Waals surface area (Å²) in [5, 5.41) is 12.6. The number of hydrogen-bond donors (Lipinski definition) is 2. The Labute approximate surface area is 139 Å². The number of likely N-dealkylation sites (tertiary alicyclic amines) is 1. The standard InChI is InChI=1S/C19H30N2O2/c1-15(22)12-19(2,3)14-20-18(23)17-10-7-11-21(17)13-16-8-5-4-6-9-16/h4-6,8-9,15,17,22H,7,10-14H2,1-3H3,(H,20,23). The number of aliphatic hydroxyl groups excluding tert-OH is 1. The number of carbonyl (C=O) groups is 1. The van der Waals surface area contributed by atoms with Crippen LogP contribution in [0.25, 0.3) is 0 Å². The summed E-state index contributed by atoms with van der Waals surface area (Å²) in [6, 6.07) is 10.3. The number of amides is 1. The lowest BCUT2D eigenvalue weighted by Crippen LogP contribution is -2.46. The average molecular weight is 318 g/mol. The van der Waals surface area contributed by atoms with Crippen molar-refractivity contribution in [2.45, 2.75) is 58.7 Å². The van der Waals surface area contributed by atoms with Crippen LogP contribution in [-0.4, -0.2) is 41.1 Å². The Morgan fingerprint density at radius 2 is 2.09 bits per heavy atom. The molecular weight excluding hydrogens is 288 g/mol. The van der Waals surface area contributed by atoms with Crippen LogP contribution in [0.5, 0.6) is 0 Å². The molecule has 0 aliphatic carbocycles. The maximum absolute atomic E-state index is 12.6. The van der Waals surface area contributed by atoms with Crippen molar-refractivity contribution in [3.8, 4) is 0 Å². The largest absolute Gasteiger partial charge is 0.393 e. The quantitative estimate of drug-likeness (QED) is 0.812. The van der Waals surface area contributed by atoms with Crippen LogP contribution in [-0.2, 0) is 11.3 Å². The second-order valence-corrected chi connectivity index (χ2v) is 7.55. The van der Waals surface area contributed by atoms with Gasteiger partial charge in [0.15, 0.2) is 0 Å². The summed E-state index contributed by atoms with van der Waals surface area (Å²) in [7, 11) is 0. The Balaban J connectivity index is 1.88. The highest BCUT2D eigenvalue weighted by atomic mass is 16.3. The van der Waals surface area contributed by atoms with Gasteiger partial charge >= 0.3 is 0 Å². The van der Waals surface area contributed by atoms with E-state index in [1.807, 2.05) is 18.2 Å². The summed E-state index contributed by atoms with van der Waals surface area (Å²) in [5.41, 5.74) is 1.16. The average Bonchev–Trinajstić information content (AvgIpc) is 2.93. The van der Waals surface area contributed by atoms with Gasteiger partial charge in [0.2, 0.25) is 5.91 Å². The smallest absolute Gasteiger partial charge is 0.237 e. The van der Waals surface area contributed by atoms with E-state index < -0.39 is 0 Å². The van der Waals surface area contributed by atoms with Crippen molar-refractivity contribution in [2.75, 3.05) is 13.1 Å². The molecular formula is C19H30N2O2. The van der Waals surface area contributed by atoms with Gasteiger partial charge in [-0.15, -0.1) is 0 Å². The predicted molar refractivity (Wildman–Crippen MR) is 93.0 cm³/mol. The molecule has 4 nitrogen and oxygen atoms in total. The highest BCUT2D eigenvalue weighted by Crippen LogP contribution is 2.23. The van der Waals surface area contributed by atoms with Gasteiger partial charge < -0.3 is 10.4 Å². The molecule has 1 aromatic rings. The number of hydrogen-bond acceptors (Lipinski definition) is 3. The monoisotopic (exact) mass is 318 g/mol. The molecule has 1 aliphatic rings. The van der Waals surface area contributed by atoms with Crippen LogP contribution in [0.2, 0.25) is 0 Å². The summed E-state index contributed by atoms with van der Waals surface area (Å²) in [6.45, 7) is 8.36. The molecule has 0 aromatic heterocycles. The number of benzene rings is 1. The van der Waals surface area contributed by atoms with Crippen LogP contribution in [0.15, 0.2) is 30.3 Å². The van der Waals surface area contributed by atoms with Gasteiger partial charge in [0.25, 0.3) is 0 Å². The molecule has 2 atom stereocenters. The number of rotatable bonds is 7. The van der Waals surface area contributed by atoms with E-state index in [0.717, 1.165) is 25.9 Å². The number of nitrogens with zero attached hydrogens (tertiary/aromatic N) is 1. The molecule has 4 heteroatoms. The Morgan fingerprint density at radius 1 is 1.39 bits per heavy atom. The number of carbonyl (C=O) groups excluding carboxylic acids is 1. The topological polar surface area (TPSA) is 52.6 Å². The number of nitrogens with one attached hydrogen (secondary N) is 1. The Bertz CT molecular complexity index is 499. The van der Waals surface area contributed by atoms with Crippen LogP contribution >= 0.6 is 0 Å². The van der Waals surface area contributed by atoms with E-state index in [2.05, 4.69) is 36.2 Å². The molecule has 2 N–H and O–H groups in total. The van der Waals surface area contributed by atoms with Crippen LogP contribution < -0.4 is 5.32 Å². The molecule has 128 valence electrons. The van der Waals surface area contributed by atoms with Gasteiger partial charge in [-0.05, 0) is 43.7 Å². The molecule has 1 fully saturated rings. The van der Waals surface area contributed by atoms with Crippen molar-refractivity contribution in [2.24, 2.45) is 5.41 Å². The minimum atomic E-state index is -0.344. The van der Waals surface area contributed by atoms with Crippen molar-refractivity contribution in [1.29, 1.82) is 0 Å². The fourth-order valence-corrected chi connectivity index (χ4v) is 3.45. The van der Waals surface area contributed by atoms with Gasteiger partial charge in [-0.2, -0.15) is 0 Å². The van der Waals surface area contributed by atoms with Gasteiger partial charge in [-0.1, -0.05) is 44.2 Å². The Morgan fingerprint density at radius 3 is 2.74 bits per heavy atom. The van der Waals surface area contributed by atoms with Crippen molar-refractivity contribution < 1.29 is 9.90 Å². The summed E-state index contributed by atoms with van der Waals surface area (Å²) < 4.78 is 0. The van der Waals surface area contributed by atoms with E-state index in [-0.39, 0.29) is 23.5 Å². The van der Waals surface area contributed by atoms with Gasteiger partial charge in [-0.3, -0.25) is 9.69 Å². The van der Waals surface area contributed by atoms with E-state index >= 15 is 0 Å².